The van der Waals surface area contributed by atoms with Crippen molar-refractivity contribution in [3.8, 4) is 22.9 Å². The van der Waals surface area contributed by atoms with Crippen LogP contribution in [0.2, 0.25) is 0 Å². The van der Waals surface area contributed by atoms with Gasteiger partial charge in [0.15, 0.2) is 0 Å². The number of nitrogens with one attached hydrogen (secondary N) is 1. The lowest BCUT2D eigenvalue weighted by Gasteiger charge is -2.10. The molecule has 4 rings (SSSR count). The van der Waals surface area contributed by atoms with E-state index in [1.807, 2.05) is 35.0 Å². The summed E-state index contributed by atoms with van der Waals surface area (Å²) < 4.78 is 40.7. The standard InChI is InChI=1S/C23H21N3O4S/c1-29-20-5-7-21(8-6-20)30-22-9-11-23(12-10-22)31(27,28)25-16-18-3-2-4-19(15-18)26-14-13-24-17-26/h2-15,17,25H,16H2,1H3. The number of rotatable bonds is 8. The third kappa shape index (κ3) is 5.11. The number of benzene rings is 3. The van der Waals surface area contributed by atoms with Crippen LogP contribution in [0.3, 0.4) is 0 Å². The molecule has 0 spiro atoms. The Balaban J connectivity index is 1.41. The predicted octanol–water partition coefficient (Wildman–Crippen LogP) is 4.15. The Hall–Kier alpha value is -3.62. The summed E-state index contributed by atoms with van der Waals surface area (Å²) in [6, 6.07) is 21.0. The fraction of sp³-hybridized carbons (Fsp3) is 0.0870. The van der Waals surface area contributed by atoms with Crippen molar-refractivity contribution in [3.05, 3.63) is 97.1 Å². The number of nitrogens with zero attached hydrogens (tertiary/aromatic N) is 2. The zero-order valence-electron chi connectivity index (χ0n) is 16.8. The number of sulfonamides is 1. The lowest BCUT2D eigenvalue weighted by atomic mass is 10.2. The molecule has 0 atom stereocenters. The minimum absolute atomic E-state index is 0.167. The highest BCUT2D eigenvalue weighted by Gasteiger charge is 2.14. The van der Waals surface area contributed by atoms with Crippen molar-refractivity contribution in [2.45, 2.75) is 11.4 Å². The Bertz CT molecular complexity index is 1240. The van der Waals surface area contributed by atoms with Crippen LogP contribution in [0.25, 0.3) is 5.69 Å². The highest BCUT2D eigenvalue weighted by Crippen LogP contribution is 2.25. The first-order chi connectivity index (χ1) is 15.0. The van der Waals surface area contributed by atoms with Crippen molar-refractivity contribution in [1.82, 2.24) is 14.3 Å². The van der Waals surface area contributed by atoms with E-state index in [1.54, 1.807) is 56.0 Å². The van der Waals surface area contributed by atoms with E-state index in [0.717, 1.165) is 17.0 Å². The Labute approximate surface area is 181 Å². The first-order valence-electron chi connectivity index (χ1n) is 9.52. The van der Waals surface area contributed by atoms with Crippen LogP contribution in [0.5, 0.6) is 17.2 Å². The molecule has 1 N–H and O–H groups in total. The molecule has 4 aromatic rings. The smallest absolute Gasteiger partial charge is 0.240 e. The van der Waals surface area contributed by atoms with Gasteiger partial charge in [-0.15, -0.1) is 0 Å². The molecule has 1 heterocycles. The highest BCUT2D eigenvalue weighted by molar-refractivity contribution is 7.89. The minimum Gasteiger partial charge on any atom is -0.497 e. The van der Waals surface area contributed by atoms with Crippen LogP contribution in [0.1, 0.15) is 5.56 Å². The molecule has 0 radical (unpaired) electrons. The number of imidazole rings is 1. The van der Waals surface area contributed by atoms with Crippen molar-refractivity contribution in [3.63, 3.8) is 0 Å². The van der Waals surface area contributed by atoms with E-state index in [9.17, 15) is 8.42 Å². The van der Waals surface area contributed by atoms with Crippen molar-refractivity contribution in [1.29, 1.82) is 0 Å². The average Bonchev–Trinajstić information content (AvgIpc) is 3.34. The SMILES string of the molecule is COc1ccc(Oc2ccc(S(=O)(=O)NCc3cccc(-n4ccnc4)c3)cc2)cc1. The Morgan fingerprint density at radius 2 is 1.61 bits per heavy atom. The number of methoxy groups -OCH3 is 1. The molecule has 0 aliphatic rings. The minimum atomic E-state index is -3.66. The molecule has 1 aromatic heterocycles. The molecular formula is C23H21N3O4S. The zero-order valence-corrected chi connectivity index (χ0v) is 17.6. The second-order valence-corrected chi connectivity index (χ2v) is 8.48. The monoisotopic (exact) mass is 435 g/mol. The Kier molecular flexibility index (Phi) is 6.01. The highest BCUT2D eigenvalue weighted by atomic mass is 32.2. The summed E-state index contributed by atoms with van der Waals surface area (Å²) in [6.07, 6.45) is 5.22. The normalized spacial score (nSPS) is 11.3. The van der Waals surface area contributed by atoms with E-state index in [-0.39, 0.29) is 11.4 Å². The molecule has 158 valence electrons. The maximum atomic E-state index is 12.7. The van der Waals surface area contributed by atoms with Crippen molar-refractivity contribution in [2.75, 3.05) is 7.11 Å². The van der Waals surface area contributed by atoms with Crippen LogP contribution >= 0.6 is 0 Å². The first kappa shape index (κ1) is 20.6. The number of aromatic nitrogens is 2. The predicted molar refractivity (Wildman–Crippen MR) is 117 cm³/mol. The van der Waals surface area contributed by atoms with Crippen LogP contribution in [-0.2, 0) is 16.6 Å². The molecule has 0 bridgehead atoms. The fourth-order valence-electron chi connectivity index (χ4n) is 2.97. The molecule has 31 heavy (non-hydrogen) atoms. The van der Waals surface area contributed by atoms with Gasteiger partial charge in [0, 0.05) is 24.6 Å². The summed E-state index contributed by atoms with van der Waals surface area (Å²) in [4.78, 5) is 4.20. The summed E-state index contributed by atoms with van der Waals surface area (Å²) in [5.41, 5.74) is 1.75. The first-order valence-corrected chi connectivity index (χ1v) is 11.0. The summed E-state index contributed by atoms with van der Waals surface area (Å²) in [5.74, 6) is 1.90. The van der Waals surface area contributed by atoms with Gasteiger partial charge in [-0.2, -0.15) is 0 Å². The van der Waals surface area contributed by atoms with E-state index in [1.165, 1.54) is 12.1 Å². The molecule has 0 amide bonds. The third-order valence-corrected chi connectivity index (χ3v) is 6.03. The van der Waals surface area contributed by atoms with E-state index in [2.05, 4.69) is 9.71 Å². The van der Waals surface area contributed by atoms with Crippen LogP contribution in [0.4, 0.5) is 0 Å². The molecule has 0 saturated heterocycles. The summed E-state index contributed by atoms with van der Waals surface area (Å²) >= 11 is 0. The van der Waals surface area contributed by atoms with Crippen molar-refractivity contribution >= 4 is 10.0 Å². The lowest BCUT2D eigenvalue weighted by molar-refractivity contribution is 0.413. The molecule has 0 unspecified atom stereocenters. The van der Waals surface area contributed by atoms with Gasteiger partial charge in [-0.05, 0) is 66.2 Å². The maximum absolute atomic E-state index is 12.7. The van der Waals surface area contributed by atoms with Crippen LogP contribution in [0.15, 0.2) is 96.4 Å². The summed E-state index contributed by atoms with van der Waals surface area (Å²) in [5, 5.41) is 0. The molecule has 0 saturated carbocycles. The number of hydrogen-bond donors (Lipinski definition) is 1. The second kappa shape index (κ2) is 9.03. The number of hydrogen-bond acceptors (Lipinski definition) is 5. The van der Waals surface area contributed by atoms with E-state index in [4.69, 9.17) is 9.47 Å². The van der Waals surface area contributed by atoms with Gasteiger partial charge in [0.25, 0.3) is 0 Å². The molecular weight excluding hydrogens is 414 g/mol. The average molecular weight is 436 g/mol. The van der Waals surface area contributed by atoms with Crippen molar-refractivity contribution in [2.24, 2.45) is 0 Å². The van der Waals surface area contributed by atoms with Gasteiger partial charge in [0.2, 0.25) is 10.0 Å². The molecule has 8 heteroatoms. The molecule has 0 aliphatic heterocycles. The van der Waals surface area contributed by atoms with Gasteiger partial charge in [0.1, 0.15) is 17.2 Å². The van der Waals surface area contributed by atoms with Crippen LogP contribution in [0, 0.1) is 0 Å². The van der Waals surface area contributed by atoms with E-state index < -0.39 is 10.0 Å². The lowest BCUT2D eigenvalue weighted by Crippen LogP contribution is -2.23. The van der Waals surface area contributed by atoms with E-state index in [0.29, 0.717) is 11.5 Å². The van der Waals surface area contributed by atoms with Gasteiger partial charge < -0.3 is 14.0 Å². The van der Waals surface area contributed by atoms with E-state index >= 15 is 0 Å². The molecule has 0 aliphatic carbocycles. The molecule has 7 nitrogen and oxygen atoms in total. The largest absolute Gasteiger partial charge is 0.497 e. The quantitative estimate of drug-likeness (QED) is 0.450. The summed E-state index contributed by atoms with van der Waals surface area (Å²) in [7, 11) is -2.07. The summed E-state index contributed by atoms with van der Waals surface area (Å²) in [6.45, 7) is 0.176. The Morgan fingerprint density at radius 3 is 2.26 bits per heavy atom. The van der Waals surface area contributed by atoms with Gasteiger partial charge in [-0.3, -0.25) is 0 Å². The fourth-order valence-corrected chi connectivity index (χ4v) is 3.98. The molecule has 3 aromatic carbocycles. The van der Waals surface area contributed by atoms with Gasteiger partial charge in [-0.1, -0.05) is 12.1 Å². The van der Waals surface area contributed by atoms with Crippen LogP contribution in [-0.4, -0.2) is 25.1 Å². The van der Waals surface area contributed by atoms with Crippen molar-refractivity contribution < 1.29 is 17.9 Å². The third-order valence-electron chi connectivity index (χ3n) is 4.61. The second-order valence-electron chi connectivity index (χ2n) is 6.71. The number of ether oxygens (including phenoxy) is 2. The maximum Gasteiger partial charge on any atom is 0.240 e. The van der Waals surface area contributed by atoms with Gasteiger partial charge in [-0.25, -0.2) is 18.1 Å². The zero-order chi connectivity index (χ0) is 21.7. The Morgan fingerprint density at radius 1 is 0.935 bits per heavy atom. The molecule has 0 fully saturated rings. The topological polar surface area (TPSA) is 82.5 Å². The van der Waals surface area contributed by atoms with Gasteiger partial charge in [0.05, 0.1) is 18.3 Å². The van der Waals surface area contributed by atoms with Gasteiger partial charge >= 0.3 is 0 Å². The van der Waals surface area contributed by atoms with Crippen LogP contribution < -0.4 is 14.2 Å².